The van der Waals surface area contributed by atoms with Crippen LogP contribution in [0.15, 0.2) is 16.3 Å². The quantitative estimate of drug-likeness (QED) is 0.499. The molecule has 0 aromatic heterocycles. The molecule has 0 spiro atoms. The number of halogens is 3. The van der Waals surface area contributed by atoms with Crippen molar-refractivity contribution in [1.29, 1.82) is 0 Å². The second-order valence-electron chi connectivity index (χ2n) is 11.2. The lowest BCUT2D eigenvalue weighted by Gasteiger charge is -2.44. The molecule has 0 radical (unpaired) electrons. The van der Waals surface area contributed by atoms with Crippen molar-refractivity contribution in [1.82, 2.24) is 10.6 Å². The fourth-order valence-corrected chi connectivity index (χ4v) is 6.79. The Balaban J connectivity index is 1.54. The van der Waals surface area contributed by atoms with E-state index in [0.717, 1.165) is 56.6 Å². The van der Waals surface area contributed by atoms with Crippen LogP contribution < -0.4 is 16.4 Å². The summed E-state index contributed by atoms with van der Waals surface area (Å²) in [6.45, 7) is 2.18. The van der Waals surface area contributed by atoms with Gasteiger partial charge in [-0.05, 0) is 69.1 Å². The molecule has 35 heavy (non-hydrogen) atoms. The average molecular weight is 497 g/mol. The van der Waals surface area contributed by atoms with Crippen LogP contribution in [0.2, 0.25) is 0 Å². The highest BCUT2D eigenvalue weighted by Gasteiger charge is 2.41. The predicted octanol–water partition coefficient (Wildman–Crippen LogP) is 4.53. The lowest BCUT2D eigenvalue weighted by atomic mass is 9.65. The number of nitrogens with zero attached hydrogens (tertiary/aromatic N) is 1. The number of aliphatic imine (C=N–C) groups is 1. The molecular weight excluding hydrogens is 457 g/mol. The molecule has 0 heterocycles. The average Bonchev–Trinajstić information content (AvgIpc) is 2.82. The first kappa shape index (κ1) is 26.0. The molecule has 196 valence electrons. The van der Waals surface area contributed by atoms with E-state index >= 15 is 0 Å². The van der Waals surface area contributed by atoms with Crippen LogP contribution in [0.3, 0.4) is 0 Å². The van der Waals surface area contributed by atoms with Gasteiger partial charge in [0.15, 0.2) is 0 Å². The summed E-state index contributed by atoms with van der Waals surface area (Å²) >= 11 is 0. The summed E-state index contributed by atoms with van der Waals surface area (Å²) in [4.78, 5) is 29.8. The lowest BCUT2D eigenvalue weighted by Crippen LogP contribution is -2.51. The first-order valence-electron chi connectivity index (χ1n) is 13.4. The Kier molecular flexibility index (Phi) is 8.11. The molecule has 4 rings (SSSR count). The van der Waals surface area contributed by atoms with E-state index in [4.69, 9.17) is 10.7 Å². The van der Waals surface area contributed by atoms with Gasteiger partial charge in [0, 0.05) is 23.4 Å². The first-order valence-corrected chi connectivity index (χ1v) is 13.4. The van der Waals surface area contributed by atoms with Gasteiger partial charge in [0.05, 0.1) is 6.04 Å². The number of nitrogens with one attached hydrogen (secondary N) is 2. The second-order valence-corrected chi connectivity index (χ2v) is 11.2. The third kappa shape index (κ3) is 6.39. The zero-order valence-electron chi connectivity index (χ0n) is 20.6. The molecule has 5 atom stereocenters. The highest BCUT2D eigenvalue weighted by molar-refractivity contribution is 6.08. The van der Waals surface area contributed by atoms with Gasteiger partial charge in [-0.25, -0.2) is 0 Å². The van der Waals surface area contributed by atoms with Crippen LogP contribution in [-0.4, -0.2) is 41.8 Å². The minimum atomic E-state index is -4.95. The molecule has 4 N–H and O–H groups in total. The molecule has 6 nitrogen and oxygen atoms in total. The van der Waals surface area contributed by atoms with Crippen LogP contribution in [0.1, 0.15) is 90.4 Å². The Hall–Kier alpha value is -2.06. The minimum absolute atomic E-state index is 0.0376. The Morgan fingerprint density at radius 2 is 1.71 bits per heavy atom. The Morgan fingerprint density at radius 1 is 0.971 bits per heavy atom. The highest BCUT2D eigenvalue weighted by atomic mass is 19.4. The fourth-order valence-electron chi connectivity index (χ4n) is 6.79. The van der Waals surface area contributed by atoms with Crippen molar-refractivity contribution in [2.24, 2.45) is 28.5 Å². The van der Waals surface area contributed by atoms with Gasteiger partial charge < -0.3 is 16.4 Å². The molecule has 4 saturated carbocycles. The summed E-state index contributed by atoms with van der Waals surface area (Å²) in [5.74, 6) is -0.778. The van der Waals surface area contributed by atoms with Crippen LogP contribution in [-0.2, 0) is 9.59 Å². The van der Waals surface area contributed by atoms with Crippen LogP contribution >= 0.6 is 0 Å². The largest absolute Gasteiger partial charge is 0.471 e. The van der Waals surface area contributed by atoms with Crippen LogP contribution in [0.5, 0.6) is 0 Å². The molecule has 4 fully saturated rings. The SMILES string of the molecule is CC1CC2CCCC(C2)C1NC(=O)C(N)=C1CC(NC(=O)C(F)(F)F)CCC1=NC1CCCCC1. The van der Waals surface area contributed by atoms with E-state index in [1.807, 2.05) is 0 Å². The predicted molar refractivity (Wildman–Crippen MR) is 129 cm³/mol. The maximum atomic E-state index is 13.3. The summed E-state index contributed by atoms with van der Waals surface area (Å²) in [6.07, 6.45) is 6.97. The number of hydrogen-bond donors (Lipinski definition) is 3. The van der Waals surface area contributed by atoms with Crippen LogP contribution in [0.25, 0.3) is 0 Å². The number of carbonyl (C=O) groups is 2. The summed E-state index contributed by atoms with van der Waals surface area (Å²) in [6, 6.07) is -0.520. The molecule has 9 heteroatoms. The normalized spacial score (nSPS) is 34.9. The van der Waals surface area contributed by atoms with E-state index < -0.39 is 18.1 Å². The number of nitrogens with two attached hydrogens (primary N) is 1. The Morgan fingerprint density at radius 3 is 2.43 bits per heavy atom. The smallest absolute Gasteiger partial charge is 0.394 e. The van der Waals surface area contributed by atoms with Crippen molar-refractivity contribution in [3.8, 4) is 0 Å². The van der Waals surface area contributed by atoms with Crippen molar-refractivity contribution >= 4 is 17.5 Å². The molecule has 4 aliphatic rings. The van der Waals surface area contributed by atoms with Gasteiger partial charge in [-0.15, -0.1) is 0 Å². The standard InChI is InChI=1S/C26H39F3N4O2/c1-15-12-16-6-5-7-17(13-16)23(15)33-24(34)22(30)20-14-19(32-25(35)26(27,28)29)10-11-21(20)31-18-8-3-2-4-9-18/h15-19,23H,2-14,30H2,1H3,(H,32,35)(H,33,34). The van der Waals surface area contributed by atoms with Crippen molar-refractivity contribution < 1.29 is 22.8 Å². The van der Waals surface area contributed by atoms with Crippen molar-refractivity contribution in [3.05, 3.63) is 11.3 Å². The van der Waals surface area contributed by atoms with Crippen molar-refractivity contribution in [3.63, 3.8) is 0 Å². The van der Waals surface area contributed by atoms with Crippen molar-refractivity contribution in [2.75, 3.05) is 0 Å². The molecule has 4 aliphatic carbocycles. The fraction of sp³-hybridized carbons (Fsp3) is 0.808. The van der Waals surface area contributed by atoms with E-state index in [1.165, 1.54) is 19.3 Å². The van der Waals surface area contributed by atoms with Crippen LogP contribution in [0.4, 0.5) is 13.2 Å². The number of alkyl halides is 3. The number of rotatable bonds is 4. The topological polar surface area (TPSA) is 96.6 Å². The van der Waals surface area contributed by atoms with E-state index in [0.29, 0.717) is 30.3 Å². The molecule has 0 aromatic carbocycles. The minimum Gasteiger partial charge on any atom is -0.394 e. The maximum Gasteiger partial charge on any atom is 0.471 e. The molecule has 5 unspecified atom stereocenters. The third-order valence-electron chi connectivity index (χ3n) is 8.55. The van der Waals surface area contributed by atoms with Crippen LogP contribution in [0, 0.1) is 17.8 Å². The molecule has 0 aromatic rings. The van der Waals surface area contributed by atoms with E-state index in [1.54, 1.807) is 0 Å². The van der Waals surface area contributed by atoms with E-state index in [2.05, 4.69) is 17.6 Å². The van der Waals surface area contributed by atoms with Gasteiger partial charge in [0.25, 0.3) is 5.91 Å². The van der Waals surface area contributed by atoms with Gasteiger partial charge >= 0.3 is 12.1 Å². The maximum absolute atomic E-state index is 13.3. The van der Waals surface area contributed by atoms with Gasteiger partial charge in [0.1, 0.15) is 5.70 Å². The summed E-state index contributed by atoms with van der Waals surface area (Å²) < 4.78 is 38.5. The van der Waals surface area contributed by atoms with Gasteiger partial charge in [0.2, 0.25) is 0 Å². The van der Waals surface area contributed by atoms with E-state index in [-0.39, 0.29) is 30.1 Å². The number of fused-ring (bicyclic) bond motifs is 2. The van der Waals surface area contributed by atoms with Gasteiger partial charge in [-0.1, -0.05) is 39.0 Å². The lowest BCUT2D eigenvalue weighted by molar-refractivity contribution is -0.174. The first-order chi connectivity index (χ1) is 16.6. The Labute approximate surface area is 205 Å². The zero-order valence-corrected chi connectivity index (χ0v) is 20.6. The Bertz CT molecular complexity index is 861. The summed E-state index contributed by atoms with van der Waals surface area (Å²) in [5.41, 5.74) is 7.66. The molecular formula is C26H39F3N4O2. The number of carbonyl (C=O) groups excluding carboxylic acids is 2. The highest BCUT2D eigenvalue weighted by Crippen LogP contribution is 2.42. The molecule has 0 saturated heterocycles. The van der Waals surface area contributed by atoms with Crippen molar-refractivity contribution in [2.45, 2.75) is 115 Å². The molecule has 2 amide bonds. The summed E-state index contributed by atoms with van der Waals surface area (Å²) in [7, 11) is 0. The number of hydrogen-bond acceptors (Lipinski definition) is 4. The van der Waals surface area contributed by atoms with Gasteiger partial charge in [-0.3, -0.25) is 14.6 Å². The number of amides is 2. The molecule has 0 aliphatic heterocycles. The monoisotopic (exact) mass is 496 g/mol. The van der Waals surface area contributed by atoms with Gasteiger partial charge in [-0.2, -0.15) is 13.2 Å². The third-order valence-corrected chi connectivity index (χ3v) is 8.55. The summed E-state index contributed by atoms with van der Waals surface area (Å²) in [5, 5.41) is 5.26. The zero-order chi connectivity index (χ0) is 25.2. The molecule has 2 bridgehead atoms. The second kappa shape index (κ2) is 10.9. The van der Waals surface area contributed by atoms with E-state index in [9.17, 15) is 22.8 Å².